The summed E-state index contributed by atoms with van der Waals surface area (Å²) in [4.78, 5) is 16.1. The number of benzene rings is 1. The van der Waals surface area contributed by atoms with Crippen molar-refractivity contribution in [2.75, 3.05) is 13.7 Å². The van der Waals surface area contributed by atoms with Crippen molar-refractivity contribution in [1.82, 2.24) is 10.3 Å². The fraction of sp³-hybridized carbons (Fsp3) is 0.286. The lowest BCUT2D eigenvalue weighted by Crippen LogP contribution is -2.40. The van der Waals surface area contributed by atoms with Gasteiger partial charge in [0.1, 0.15) is 6.10 Å². The second-order valence-electron chi connectivity index (χ2n) is 4.17. The molecular formula is C14H19Cl2N3O2. The quantitative estimate of drug-likeness (QED) is 0.873. The summed E-state index contributed by atoms with van der Waals surface area (Å²) in [5.41, 5.74) is 7.31. The van der Waals surface area contributed by atoms with E-state index in [0.717, 1.165) is 16.5 Å². The summed E-state index contributed by atoms with van der Waals surface area (Å²) in [5, 5.41) is 3.86. The second kappa shape index (κ2) is 9.52. The van der Waals surface area contributed by atoms with Gasteiger partial charge in [0.2, 0.25) is 0 Å². The second-order valence-corrected chi connectivity index (χ2v) is 4.17. The number of para-hydroxylation sites is 1. The Hall–Kier alpha value is -1.40. The SMILES string of the molecule is COC(CN)C(=O)NCc1cccc2cccnc12.Cl.Cl. The number of fused-ring (bicyclic) bond motifs is 1. The van der Waals surface area contributed by atoms with E-state index in [9.17, 15) is 4.79 Å². The molecule has 1 aromatic heterocycles. The number of aromatic nitrogens is 1. The van der Waals surface area contributed by atoms with Crippen LogP contribution in [0.15, 0.2) is 36.5 Å². The van der Waals surface area contributed by atoms with Crippen LogP contribution in [0.4, 0.5) is 0 Å². The monoisotopic (exact) mass is 331 g/mol. The van der Waals surface area contributed by atoms with Crippen molar-refractivity contribution in [2.45, 2.75) is 12.6 Å². The highest BCUT2D eigenvalue weighted by molar-refractivity contribution is 5.86. The number of halogens is 2. The zero-order valence-electron chi connectivity index (χ0n) is 11.6. The van der Waals surface area contributed by atoms with E-state index in [2.05, 4.69) is 10.3 Å². The van der Waals surface area contributed by atoms with Crippen LogP contribution in [0.1, 0.15) is 5.56 Å². The largest absolute Gasteiger partial charge is 0.370 e. The molecule has 5 nitrogen and oxygen atoms in total. The van der Waals surface area contributed by atoms with Crippen molar-refractivity contribution in [3.8, 4) is 0 Å². The third-order valence-corrected chi connectivity index (χ3v) is 2.96. The molecule has 0 saturated heterocycles. The summed E-state index contributed by atoms with van der Waals surface area (Å²) >= 11 is 0. The number of carbonyl (C=O) groups is 1. The van der Waals surface area contributed by atoms with E-state index in [1.54, 1.807) is 6.20 Å². The van der Waals surface area contributed by atoms with E-state index in [-0.39, 0.29) is 37.3 Å². The molecule has 1 heterocycles. The number of methoxy groups -OCH3 is 1. The first kappa shape index (κ1) is 19.6. The molecule has 1 aromatic carbocycles. The summed E-state index contributed by atoms with van der Waals surface area (Å²) in [6.07, 6.45) is 1.13. The number of ether oxygens (including phenoxy) is 1. The molecule has 7 heteroatoms. The molecule has 0 aliphatic rings. The molecule has 2 rings (SSSR count). The van der Waals surface area contributed by atoms with Gasteiger partial charge in [0.15, 0.2) is 0 Å². The van der Waals surface area contributed by atoms with Crippen molar-refractivity contribution < 1.29 is 9.53 Å². The maximum Gasteiger partial charge on any atom is 0.250 e. The van der Waals surface area contributed by atoms with E-state index >= 15 is 0 Å². The minimum absolute atomic E-state index is 0. The van der Waals surface area contributed by atoms with Gasteiger partial charge in [-0.15, -0.1) is 24.8 Å². The summed E-state index contributed by atoms with van der Waals surface area (Å²) in [6, 6.07) is 9.76. The molecule has 21 heavy (non-hydrogen) atoms. The highest BCUT2D eigenvalue weighted by Crippen LogP contribution is 2.15. The number of nitrogens with two attached hydrogens (primary N) is 1. The molecule has 2 aromatic rings. The molecule has 0 saturated carbocycles. The summed E-state index contributed by atoms with van der Waals surface area (Å²) in [5.74, 6) is -0.210. The van der Waals surface area contributed by atoms with E-state index in [4.69, 9.17) is 10.5 Å². The third kappa shape index (κ3) is 4.82. The lowest BCUT2D eigenvalue weighted by molar-refractivity contribution is -0.130. The topological polar surface area (TPSA) is 77.2 Å². The number of carbonyl (C=O) groups excluding carboxylic acids is 1. The Bertz CT molecular complexity index is 572. The van der Waals surface area contributed by atoms with Crippen molar-refractivity contribution in [2.24, 2.45) is 5.73 Å². The van der Waals surface area contributed by atoms with Gasteiger partial charge in [-0.3, -0.25) is 9.78 Å². The molecule has 3 N–H and O–H groups in total. The molecule has 0 fully saturated rings. The highest BCUT2D eigenvalue weighted by atomic mass is 35.5. The van der Waals surface area contributed by atoms with Crippen molar-refractivity contribution in [3.63, 3.8) is 0 Å². The van der Waals surface area contributed by atoms with E-state index in [1.807, 2.05) is 30.3 Å². The summed E-state index contributed by atoms with van der Waals surface area (Å²) < 4.78 is 4.98. The van der Waals surface area contributed by atoms with Gasteiger partial charge in [-0.25, -0.2) is 0 Å². The molecule has 116 valence electrons. The summed E-state index contributed by atoms with van der Waals surface area (Å²) in [7, 11) is 1.47. The maximum absolute atomic E-state index is 11.8. The Balaban J connectivity index is 0.00000200. The van der Waals surface area contributed by atoms with E-state index in [0.29, 0.717) is 6.54 Å². The van der Waals surface area contributed by atoms with Crippen LogP contribution in [0.2, 0.25) is 0 Å². The van der Waals surface area contributed by atoms with Crippen LogP contribution in [0.25, 0.3) is 10.9 Å². The normalized spacial score (nSPS) is 11.1. The Morgan fingerprint density at radius 1 is 1.33 bits per heavy atom. The molecule has 0 spiro atoms. The third-order valence-electron chi connectivity index (χ3n) is 2.96. The smallest absolute Gasteiger partial charge is 0.250 e. The first-order valence-corrected chi connectivity index (χ1v) is 6.09. The molecule has 1 amide bonds. The number of hydrogen-bond acceptors (Lipinski definition) is 4. The zero-order valence-corrected chi connectivity index (χ0v) is 13.2. The van der Waals surface area contributed by atoms with Gasteiger partial charge in [-0.2, -0.15) is 0 Å². The highest BCUT2D eigenvalue weighted by Gasteiger charge is 2.15. The van der Waals surface area contributed by atoms with Gasteiger partial charge in [-0.05, 0) is 11.6 Å². The van der Waals surface area contributed by atoms with Crippen molar-refractivity contribution >= 4 is 41.6 Å². The van der Waals surface area contributed by atoms with Crippen LogP contribution in [-0.4, -0.2) is 30.6 Å². The lowest BCUT2D eigenvalue weighted by Gasteiger charge is -2.13. The summed E-state index contributed by atoms with van der Waals surface area (Å²) in [6.45, 7) is 0.573. The first-order valence-electron chi connectivity index (χ1n) is 6.09. The number of rotatable bonds is 5. The molecule has 0 bridgehead atoms. The number of amides is 1. The van der Waals surface area contributed by atoms with Crippen LogP contribution < -0.4 is 11.1 Å². The predicted octanol–water partition coefficient (Wildman–Crippen LogP) is 1.67. The van der Waals surface area contributed by atoms with Crippen LogP contribution in [0.3, 0.4) is 0 Å². The molecular weight excluding hydrogens is 313 g/mol. The average Bonchev–Trinajstić information content (AvgIpc) is 2.46. The fourth-order valence-electron chi connectivity index (χ4n) is 1.92. The van der Waals surface area contributed by atoms with Crippen LogP contribution in [-0.2, 0) is 16.1 Å². The fourth-order valence-corrected chi connectivity index (χ4v) is 1.92. The van der Waals surface area contributed by atoms with Gasteiger partial charge in [-0.1, -0.05) is 24.3 Å². The lowest BCUT2D eigenvalue weighted by atomic mass is 10.1. The number of nitrogens with zero attached hydrogens (tertiary/aromatic N) is 1. The minimum atomic E-state index is -0.608. The van der Waals surface area contributed by atoms with Crippen LogP contribution in [0, 0.1) is 0 Å². The first-order chi connectivity index (χ1) is 9.26. The van der Waals surface area contributed by atoms with Crippen LogP contribution >= 0.6 is 24.8 Å². The molecule has 0 aliphatic heterocycles. The van der Waals surface area contributed by atoms with Crippen LogP contribution in [0.5, 0.6) is 0 Å². The Labute approximate surface area is 136 Å². The Morgan fingerprint density at radius 3 is 2.71 bits per heavy atom. The predicted molar refractivity (Wildman–Crippen MR) is 87.9 cm³/mol. The van der Waals surface area contributed by atoms with Gasteiger partial charge >= 0.3 is 0 Å². The van der Waals surface area contributed by atoms with Gasteiger partial charge in [0.25, 0.3) is 5.91 Å². The van der Waals surface area contributed by atoms with E-state index in [1.165, 1.54) is 7.11 Å². The average molecular weight is 332 g/mol. The molecule has 0 radical (unpaired) electrons. The zero-order chi connectivity index (χ0) is 13.7. The molecule has 1 atom stereocenters. The number of pyridine rings is 1. The minimum Gasteiger partial charge on any atom is -0.370 e. The van der Waals surface area contributed by atoms with Gasteiger partial charge in [0, 0.05) is 31.8 Å². The molecule has 0 aliphatic carbocycles. The van der Waals surface area contributed by atoms with Gasteiger partial charge in [0.05, 0.1) is 5.52 Å². The molecule has 1 unspecified atom stereocenters. The Morgan fingerprint density at radius 2 is 2.05 bits per heavy atom. The van der Waals surface area contributed by atoms with Crippen molar-refractivity contribution in [3.05, 3.63) is 42.1 Å². The van der Waals surface area contributed by atoms with E-state index < -0.39 is 6.10 Å². The van der Waals surface area contributed by atoms with Gasteiger partial charge < -0.3 is 15.8 Å². The standard InChI is InChI=1S/C14H17N3O2.2ClH/c1-19-12(8-15)14(18)17-9-11-5-2-4-10-6-3-7-16-13(10)11;;/h2-7,12H,8-9,15H2,1H3,(H,17,18);2*1H. The number of nitrogens with one attached hydrogen (secondary N) is 1. The number of hydrogen-bond donors (Lipinski definition) is 2. The Kier molecular flexibility index (Phi) is 8.89. The van der Waals surface area contributed by atoms with Crippen molar-refractivity contribution in [1.29, 1.82) is 0 Å². The maximum atomic E-state index is 11.8.